The van der Waals surface area contributed by atoms with Crippen LogP contribution in [0.25, 0.3) is 0 Å². The predicted molar refractivity (Wildman–Crippen MR) is 70.5 cm³/mol. The van der Waals surface area contributed by atoms with Gasteiger partial charge in [0.1, 0.15) is 6.04 Å². The van der Waals surface area contributed by atoms with Gasteiger partial charge in [-0.1, -0.05) is 0 Å². The predicted octanol–water partition coefficient (Wildman–Crippen LogP) is 0.487. The van der Waals surface area contributed by atoms with E-state index in [4.69, 9.17) is 5.73 Å². The van der Waals surface area contributed by atoms with Gasteiger partial charge in [-0.3, -0.25) is 14.5 Å². The number of carbonyl (C=O) groups is 3. The lowest BCUT2D eigenvalue weighted by Crippen LogP contribution is -2.56. The topological polar surface area (TPSA) is 104 Å². The lowest BCUT2D eigenvalue weighted by Gasteiger charge is -2.39. The van der Waals surface area contributed by atoms with Crippen LogP contribution in [-0.2, 0) is 9.59 Å². The SMILES string of the molecule is CN(C)C(=O)[C@H](CCC(N)=O)N(C(=O)O)C(C)(C)C. The van der Waals surface area contributed by atoms with E-state index in [-0.39, 0.29) is 18.7 Å². The van der Waals surface area contributed by atoms with Gasteiger partial charge in [0.2, 0.25) is 11.8 Å². The zero-order valence-electron chi connectivity index (χ0n) is 12.1. The van der Waals surface area contributed by atoms with Crippen LogP contribution in [0, 0.1) is 0 Å². The van der Waals surface area contributed by atoms with Crippen LogP contribution in [0.5, 0.6) is 0 Å². The number of hydrogen-bond acceptors (Lipinski definition) is 3. The summed E-state index contributed by atoms with van der Waals surface area (Å²) in [5, 5.41) is 9.31. The van der Waals surface area contributed by atoms with E-state index < -0.39 is 23.6 Å². The molecule has 0 radical (unpaired) electrons. The highest BCUT2D eigenvalue weighted by atomic mass is 16.4. The van der Waals surface area contributed by atoms with Crippen molar-refractivity contribution in [3.8, 4) is 0 Å². The lowest BCUT2D eigenvalue weighted by atomic mass is 9.99. The summed E-state index contributed by atoms with van der Waals surface area (Å²) in [6.07, 6.45) is -1.16. The molecule has 3 amide bonds. The Labute approximate surface area is 113 Å². The molecule has 19 heavy (non-hydrogen) atoms. The summed E-state index contributed by atoms with van der Waals surface area (Å²) in [6, 6.07) is -0.917. The van der Waals surface area contributed by atoms with Gasteiger partial charge in [0.15, 0.2) is 0 Å². The Kier molecular flexibility index (Phi) is 5.80. The smallest absolute Gasteiger partial charge is 0.408 e. The molecule has 0 unspecified atom stereocenters. The summed E-state index contributed by atoms with van der Waals surface area (Å²) in [6.45, 7) is 5.09. The van der Waals surface area contributed by atoms with E-state index in [0.717, 1.165) is 4.90 Å². The number of likely N-dealkylation sites (N-methyl/N-ethyl adjacent to an activating group) is 1. The highest BCUT2D eigenvalue weighted by molar-refractivity contribution is 5.86. The van der Waals surface area contributed by atoms with Crippen LogP contribution in [0.3, 0.4) is 0 Å². The molecule has 0 rings (SSSR count). The summed E-state index contributed by atoms with van der Waals surface area (Å²) in [4.78, 5) is 36.8. The van der Waals surface area contributed by atoms with Crippen LogP contribution in [0.4, 0.5) is 4.79 Å². The molecule has 0 aliphatic rings. The molecule has 0 saturated heterocycles. The van der Waals surface area contributed by atoms with Crippen molar-refractivity contribution >= 4 is 17.9 Å². The van der Waals surface area contributed by atoms with Gasteiger partial charge in [-0.2, -0.15) is 0 Å². The molecular weight excluding hydrogens is 250 g/mol. The average Bonchev–Trinajstić information content (AvgIpc) is 2.19. The zero-order chi connectivity index (χ0) is 15.4. The second kappa shape index (κ2) is 6.40. The standard InChI is InChI=1S/C12H23N3O4/c1-12(2,3)15(11(18)19)8(6-7-9(13)16)10(17)14(4)5/h8H,6-7H2,1-5H3,(H2,13,16)(H,18,19)/t8-/m0/s1. The molecule has 0 aromatic rings. The Bertz CT molecular complexity index is 360. The van der Waals surface area contributed by atoms with Gasteiger partial charge in [0, 0.05) is 26.1 Å². The molecule has 0 spiro atoms. The zero-order valence-corrected chi connectivity index (χ0v) is 12.1. The Morgan fingerprint density at radius 1 is 1.21 bits per heavy atom. The molecule has 110 valence electrons. The third-order valence-corrected chi connectivity index (χ3v) is 2.63. The number of amides is 3. The summed E-state index contributed by atoms with van der Waals surface area (Å²) in [5.74, 6) is -0.922. The molecule has 7 heteroatoms. The maximum Gasteiger partial charge on any atom is 0.408 e. The molecule has 3 N–H and O–H groups in total. The van der Waals surface area contributed by atoms with Gasteiger partial charge < -0.3 is 15.7 Å². The monoisotopic (exact) mass is 273 g/mol. The minimum atomic E-state index is -1.20. The van der Waals surface area contributed by atoms with Crippen LogP contribution in [-0.4, -0.2) is 58.5 Å². The third kappa shape index (κ3) is 5.15. The minimum Gasteiger partial charge on any atom is -0.465 e. The number of hydrogen-bond donors (Lipinski definition) is 2. The van der Waals surface area contributed by atoms with Gasteiger partial charge in [0.05, 0.1) is 0 Å². The van der Waals surface area contributed by atoms with Crippen LogP contribution in [0.2, 0.25) is 0 Å². The lowest BCUT2D eigenvalue weighted by molar-refractivity contribution is -0.136. The fraction of sp³-hybridized carbons (Fsp3) is 0.750. The quantitative estimate of drug-likeness (QED) is 0.760. The number of carbonyl (C=O) groups excluding carboxylic acids is 2. The first-order valence-corrected chi connectivity index (χ1v) is 6.00. The van der Waals surface area contributed by atoms with Gasteiger partial charge in [0.25, 0.3) is 0 Å². The Hall–Kier alpha value is -1.79. The van der Waals surface area contributed by atoms with E-state index in [1.165, 1.54) is 4.90 Å². The van der Waals surface area contributed by atoms with Crippen molar-refractivity contribution in [3.05, 3.63) is 0 Å². The maximum absolute atomic E-state index is 12.1. The molecule has 1 atom stereocenters. The second-order valence-electron chi connectivity index (χ2n) is 5.58. The fourth-order valence-electron chi connectivity index (χ4n) is 1.83. The van der Waals surface area contributed by atoms with Crippen LogP contribution >= 0.6 is 0 Å². The van der Waals surface area contributed by atoms with Crippen molar-refractivity contribution in [3.63, 3.8) is 0 Å². The molecule has 0 heterocycles. The third-order valence-electron chi connectivity index (χ3n) is 2.63. The van der Waals surface area contributed by atoms with Crippen LogP contribution in [0.15, 0.2) is 0 Å². The maximum atomic E-state index is 12.1. The molecular formula is C12H23N3O4. The average molecular weight is 273 g/mol. The van der Waals surface area contributed by atoms with Crippen molar-refractivity contribution in [2.45, 2.75) is 45.2 Å². The number of nitrogens with two attached hydrogens (primary N) is 1. The Morgan fingerprint density at radius 2 is 1.68 bits per heavy atom. The Morgan fingerprint density at radius 3 is 1.95 bits per heavy atom. The number of rotatable bonds is 5. The molecule has 0 fully saturated rings. The van der Waals surface area contributed by atoms with Crippen molar-refractivity contribution in [2.75, 3.05) is 14.1 Å². The van der Waals surface area contributed by atoms with Crippen molar-refractivity contribution in [2.24, 2.45) is 5.73 Å². The van der Waals surface area contributed by atoms with Crippen LogP contribution < -0.4 is 5.73 Å². The van der Waals surface area contributed by atoms with Crippen LogP contribution in [0.1, 0.15) is 33.6 Å². The minimum absolute atomic E-state index is 0.0376. The van der Waals surface area contributed by atoms with E-state index in [1.807, 2.05) is 0 Å². The van der Waals surface area contributed by atoms with Gasteiger partial charge >= 0.3 is 6.09 Å². The number of primary amides is 1. The summed E-state index contributed by atoms with van der Waals surface area (Å²) < 4.78 is 0. The molecule has 0 aromatic carbocycles. The number of nitrogens with zero attached hydrogens (tertiary/aromatic N) is 2. The normalized spacial score (nSPS) is 12.7. The van der Waals surface area contributed by atoms with E-state index >= 15 is 0 Å². The van der Waals surface area contributed by atoms with Gasteiger partial charge in [-0.25, -0.2) is 4.79 Å². The summed E-state index contributed by atoms with van der Waals surface area (Å²) in [7, 11) is 3.09. The first kappa shape index (κ1) is 17.2. The van der Waals surface area contributed by atoms with E-state index in [2.05, 4.69) is 0 Å². The largest absolute Gasteiger partial charge is 0.465 e. The second-order valence-corrected chi connectivity index (χ2v) is 5.58. The molecule has 0 aliphatic carbocycles. The number of carboxylic acid groups (broad SMARTS) is 1. The summed E-state index contributed by atoms with van der Waals surface area (Å²) >= 11 is 0. The molecule has 0 aromatic heterocycles. The highest BCUT2D eigenvalue weighted by Gasteiger charge is 2.38. The summed E-state index contributed by atoms with van der Waals surface area (Å²) in [5.41, 5.74) is 4.32. The fourth-order valence-corrected chi connectivity index (χ4v) is 1.83. The van der Waals surface area contributed by atoms with Crippen molar-refractivity contribution < 1.29 is 19.5 Å². The molecule has 0 saturated carbocycles. The Balaban J connectivity index is 5.34. The first-order valence-electron chi connectivity index (χ1n) is 6.00. The first-order chi connectivity index (χ1) is 8.48. The van der Waals surface area contributed by atoms with Gasteiger partial charge in [-0.05, 0) is 27.2 Å². The van der Waals surface area contributed by atoms with E-state index in [9.17, 15) is 19.5 Å². The molecule has 0 bridgehead atoms. The molecule has 0 aliphatic heterocycles. The highest BCUT2D eigenvalue weighted by Crippen LogP contribution is 2.21. The van der Waals surface area contributed by atoms with Gasteiger partial charge in [-0.15, -0.1) is 0 Å². The molecule has 7 nitrogen and oxygen atoms in total. The van der Waals surface area contributed by atoms with Crippen molar-refractivity contribution in [1.29, 1.82) is 0 Å². The van der Waals surface area contributed by atoms with E-state index in [0.29, 0.717) is 0 Å². The van der Waals surface area contributed by atoms with E-state index in [1.54, 1.807) is 34.9 Å². The van der Waals surface area contributed by atoms with Crippen molar-refractivity contribution in [1.82, 2.24) is 9.80 Å².